The second-order valence-electron chi connectivity index (χ2n) is 9.93. The van der Waals surface area contributed by atoms with Crippen molar-refractivity contribution in [1.29, 1.82) is 0 Å². The molecule has 0 bridgehead atoms. The number of hydrogen-bond donors (Lipinski definition) is 1. The van der Waals surface area contributed by atoms with Crippen LogP contribution in [0.25, 0.3) is 5.57 Å². The highest BCUT2D eigenvalue weighted by Gasteiger charge is 2.22. The van der Waals surface area contributed by atoms with Gasteiger partial charge < -0.3 is 15.0 Å². The van der Waals surface area contributed by atoms with Crippen LogP contribution in [0.15, 0.2) is 96.1 Å². The Bertz CT molecular complexity index is 1250. The van der Waals surface area contributed by atoms with Crippen molar-refractivity contribution in [2.45, 2.75) is 64.7 Å². The number of carbonyl (C=O) groups is 2. The van der Waals surface area contributed by atoms with Crippen molar-refractivity contribution >= 4 is 29.2 Å². The van der Waals surface area contributed by atoms with E-state index < -0.39 is 0 Å². The van der Waals surface area contributed by atoms with Crippen molar-refractivity contribution in [2.24, 2.45) is 0 Å². The Morgan fingerprint density at radius 1 is 1.10 bits per heavy atom. The highest BCUT2D eigenvalue weighted by Crippen LogP contribution is 2.36. The van der Waals surface area contributed by atoms with Crippen molar-refractivity contribution in [3.05, 3.63) is 112 Å². The van der Waals surface area contributed by atoms with Crippen LogP contribution < -0.4 is 5.32 Å². The maximum absolute atomic E-state index is 14.9. The third-order valence-corrected chi connectivity index (χ3v) is 7.12. The van der Waals surface area contributed by atoms with Gasteiger partial charge in [-0.25, -0.2) is 4.39 Å². The quantitative estimate of drug-likeness (QED) is 0.125. The van der Waals surface area contributed by atoms with E-state index in [1.807, 2.05) is 60.6 Å². The molecular weight excluding hydrogens is 523 g/mol. The van der Waals surface area contributed by atoms with Crippen molar-refractivity contribution < 1.29 is 14.0 Å². The Balaban J connectivity index is 1.73. The van der Waals surface area contributed by atoms with Crippen LogP contribution in [-0.2, 0) is 9.59 Å². The van der Waals surface area contributed by atoms with Gasteiger partial charge in [-0.05, 0) is 86.2 Å². The number of benzene rings is 1. The van der Waals surface area contributed by atoms with E-state index in [4.69, 9.17) is 11.6 Å². The van der Waals surface area contributed by atoms with Crippen LogP contribution in [0.2, 0.25) is 5.02 Å². The van der Waals surface area contributed by atoms with Gasteiger partial charge in [-0.3, -0.25) is 4.79 Å². The summed E-state index contributed by atoms with van der Waals surface area (Å²) in [5.41, 5.74) is 4.39. The number of Topliss-reactive ketones (excluding diaryl/α,β-unsaturated/α-hetero) is 1. The number of ketones is 1. The lowest BCUT2D eigenvalue weighted by atomic mass is 9.91. The molecule has 1 aliphatic carbocycles. The van der Waals surface area contributed by atoms with Gasteiger partial charge in [-0.15, -0.1) is 0 Å². The number of allylic oxidation sites excluding steroid dienone is 11. The molecule has 1 N–H and O–H groups in total. The van der Waals surface area contributed by atoms with E-state index in [9.17, 15) is 14.0 Å². The van der Waals surface area contributed by atoms with Crippen LogP contribution in [0.4, 0.5) is 4.39 Å². The third-order valence-electron chi connectivity index (χ3n) is 6.88. The summed E-state index contributed by atoms with van der Waals surface area (Å²) in [6.07, 6.45) is 23.7. The summed E-state index contributed by atoms with van der Waals surface area (Å²) in [6, 6.07) is 4.61. The molecule has 40 heavy (non-hydrogen) atoms. The zero-order valence-electron chi connectivity index (χ0n) is 23.4. The minimum atomic E-state index is -0.322. The fourth-order valence-corrected chi connectivity index (χ4v) is 4.96. The normalized spacial score (nSPS) is 15.5. The van der Waals surface area contributed by atoms with Gasteiger partial charge in [-0.1, -0.05) is 74.4 Å². The molecule has 6 heteroatoms. The predicted octanol–water partition coefficient (Wildman–Crippen LogP) is 8.40. The highest BCUT2D eigenvalue weighted by atomic mass is 35.5. The maximum atomic E-state index is 14.9. The van der Waals surface area contributed by atoms with Crippen molar-refractivity contribution in [3.8, 4) is 0 Å². The number of rotatable bonds is 16. The molecule has 0 aromatic heterocycles. The summed E-state index contributed by atoms with van der Waals surface area (Å²) in [4.78, 5) is 25.6. The number of halogens is 2. The number of nitrogens with zero attached hydrogens (tertiary/aromatic N) is 1. The summed E-state index contributed by atoms with van der Waals surface area (Å²) in [5.74, 6) is -0.230. The van der Waals surface area contributed by atoms with E-state index >= 15 is 0 Å². The number of hydrogen-bond acceptors (Lipinski definition) is 4. The second kappa shape index (κ2) is 16.7. The first kappa shape index (κ1) is 31.3. The number of nitrogens with one attached hydrogen (secondary N) is 1. The van der Waals surface area contributed by atoms with E-state index in [1.165, 1.54) is 6.07 Å². The van der Waals surface area contributed by atoms with Crippen LogP contribution >= 0.6 is 11.6 Å². The van der Waals surface area contributed by atoms with Crippen molar-refractivity contribution in [3.63, 3.8) is 0 Å². The predicted molar refractivity (Wildman–Crippen MR) is 164 cm³/mol. The first-order valence-corrected chi connectivity index (χ1v) is 14.6. The first-order valence-electron chi connectivity index (χ1n) is 14.2. The van der Waals surface area contributed by atoms with Crippen LogP contribution in [0, 0.1) is 5.82 Å². The first-order chi connectivity index (χ1) is 19.5. The monoisotopic (exact) mass is 562 g/mol. The van der Waals surface area contributed by atoms with Crippen molar-refractivity contribution in [1.82, 2.24) is 10.2 Å². The molecule has 1 aromatic carbocycles. The molecule has 0 radical (unpaired) electrons. The van der Waals surface area contributed by atoms with Gasteiger partial charge in [0.2, 0.25) is 0 Å². The Morgan fingerprint density at radius 3 is 2.70 bits per heavy atom. The van der Waals surface area contributed by atoms with Crippen LogP contribution in [0.1, 0.15) is 70.3 Å². The maximum Gasteiger partial charge on any atom is 0.179 e. The summed E-state index contributed by atoms with van der Waals surface area (Å²) < 4.78 is 14.9. The van der Waals surface area contributed by atoms with E-state index in [2.05, 4.69) is 11.9 Å². The largest absolute Gasteiger partial charge is 0.317 e. The van der Waals surface area contributed by atoms with Crippen LogP contribution in [0.5, 0.6) is 0 Å². The van der Waals surface area contributed by atoms with E-state index in [1.54, 1.807) is 12.1 Å². The molecule has 0 spiro atoms. The zero-order valence-corrected chi connectivity index (χ0v) is 24.2. The topological polar surface area (TPSA) is 49.4 Å². The lowest BCUT2D eigenvalue weighted by Gasteiger charge is -2.28. The number of aldehydes is 1. The Hall–Kier alpha value is -3.28. The summed E-state index contributed by atoms with van der Waals surface area (Å²) in [7, 11) is 0. The summed E-state index contributed by atoms with van der Waals surface area (Å²) in [5, 5.41) is 3.83. The molecule has 1 aromatic rings. The Labute approximate surface area is 243 Å². The minimum absolute atomic E-state index is 0.0917. The SMILES string of the molecule is C=C1C=CC(C2=C(c3cc(Cl)ccc3F)CC=CC=C2)=CN1C(=CCC)C(=O)CCCCCCNCCCC=O. The molecule has 4 nitrogen and oxygen atoms in total. The number of unbranched alkanes of at least 4 members (excludes halogenated alkanes) is 4. The molecule has 0 fully saturated rings. The standard InChI is InChI=1S/C34H40ClFN2O2/c1-3-13-33(34(40)16-9-4-5-10-21-37-22-11-12-23-39)38-25-27(18-17-26(38)2)29-14-7-6-8-15-30(29)31-24-28(35)19-20-32(31)36/h6-8,13-14,17-20,23-25,37H,2-5,9-12,15-16,21-22H2,1H3. The van der Waals surface area contributed by atoms with Crippen LogP contribution in [0.3, 0.4) is 0 Å². The second-order valence-corrected chi connectivity index (χ2v) is 10.4. The van der Waals surface area contributed by atoms with Gasteiger partial charge in [0.25, 0.3) is 0 Å². The summed E-state index contributed by atoms with van der Waals surface area (Å²) in [6.45, 7) is 8.01. The van der Waals surface area contributed by atoms with E-state index in [0.717, 1.165) is 74.6 Å². The van der Waals surface area contributed by atoms with Crippen LogP contribution in [-0.4, -0.2) is 30.1 Å². The molecule has 212 valence electrons. The van der Waals surface area contributed by atoms with Gasteiger partial charge >= 0.3 is 0 Å². The Kier molecular flexibility index (Phi) is 13.1. The molecule has 3 rings (SSSR count). The van der Waals surface area contributed by atoms with Gasteiger partial charge in [-0.2, -0.15) is 0 Å². The van der Waals surface area contributed by atoms with Gasteiger partial charge in [0.05, 0.1) is 5.70 Å². The average molecular weight is 563 g/mol. The lowest BCUT2D eigenvalue weighted by molar-refractivity contribution is -0.116. The Morgan fingerprint density at radius 2 is 1.90 bits per heavy atom. The van der Waals surface area contributed by atoms with E-state index in [0.29, 0.717) is 41.2 Å². The third kappa shape index (κ3) is 9.14. The van der Waals surface area contributed by atoms with E-state index in [-0.39, 0.29) is 11.6 Å². The molecule has 1 aliphatic heterocycles. The molecular formula is C34H40ClFN2O2. The molecule has 1 heterocycles. The molecule has 0 saturated carbocycles. The fraction of sp³-hybridized carbons (Fsp3) is 0.353. The molecule has 0 amide bonds. The zero-order chi connectivity index (χ0) is 28.7. The molecule has 0 unspecified atom stereocenters. The van der Waals surface area contributed by atoms with Crippen molar-refractivity contribution in [2.75, 3.05) is 13.1 Å². The fourth-order valence-electron chi connectivity index (χ4n) is 4.79. The van der Waals surface area contributed by atoms with Gasteiger partial charge in [0.1, 0.15) is 12.1 Å². The molecule has 2 aliphatic rings. The van der Waals surface area contributed by atoms with Gasteiger partial charge in [0, 0.05) is 35.3 Å². The van der Waals surface area contributed by atoms with Gasteiger partial charge in [0.15, 0.2) is 5.78 Å². The lowest BCUT2D eigenvalue weighted by Crippen LogP contribution is -2.23. The molecule has 0 saturated heterocycles. The summed E-state index contributed by atoms with van der Waals surface area (Å²) >= 11 is 6.23. The minimum Gasteiger partial charge on any atom is -0.317 e. The smallest absolute Gasteiger partial charge is 0.179 e. The highest BCUT2D eigenvalue weighted by molar-refractivity contribution is 6.30. The molecule has 0 atom stereocenters. The average Bonchev–Trinajstić information content (AvgIpc) is 3.20. The number of carbonyl (C=O) groups excluding carboxylic acids is 2.